The van der Waals surface area contributed by atoms with Crippen LogP contribution in [0.15, 0.2) is 18.2 Å². The third kappa shape index (κ3) is 4.21. The first-order chi connectivity index (χ1) is 8.60. The zero-order chi connectivity index (χ0) is 13.5. The monoisotopic (exact) mass is 274 g/mol. The Bertz CT molecular complexity index is 376. The van der Waals surface area contributed by atoms with E-state index in [2.05, 4.69) is 0 Å². The molecule has 0 heterocycles. The zero-order valence-electron chi connectivity index (χ0n) is 10.8. The molecular formula is C13H20ClFN2O. The zero-order valence-corrected chi connectivity index (χ0v) is 11.6. The summed E-state index contributed by atoms with van der Waals surface area (Å²) in [6, 6.07) is 4.39. The number of hydrogen-bond acceptors (Lipinski definition) is 3. The van der Waals surface area contributed by atoms with Crippen molar-refractivity contribution in [2.75, 3.05) is 33.9 Å². The largest absolute Gasteiger partial charge is 0.385 e. The van der Waals surface area contributed by atoms with Crippen LogP contribution in [0.3, 0.4) is 0 Å². The molecule has 1 rings (SSSR count). The van der Waals surface area contributed by atoms with Crippen LogP contribution in [0.4, 0.5) is 4.39 Å². The Morgan fingerprint density at radius 2 is 2.22 bits per heavy atom. The van der Waals surface area contributed by atoms with Crippen LogP contribution in [-0.2, 0) is 4.74 Å². The van der Waals surface area contributed by atoms with Gasteiger partial charge in [0.1, 0.15) is 5.82 Å². The van der Waals surface area contributed by atoms with E-state index in [0.29, 0.717) is 23.7 Å². The van der Waals surface area contributed by atoms with Gasteiger partial charge in [0.15, 0.2) is 0 Å². The van der Waals surface area contributed by atoms with Gasteiger partial charge in [-0.3, -0.25) is 4.90 Å². The highest BCUT2D eigenvalue weighted by Crippen LogP contribution is 2.24. The van der Waals surface area contributed by atoms with Crippen LogP contribution >= 0.6 is 11.6 Å². The first-order valence-corrected chi connectivity index (χ1v) is 6.32. The number of halogens is 2. The van der Waals surface area contributed by atoms with Crippen molar-refractivity contribution in [1.82, 2.24) is 4.90 Å². The van der Waals surface area contributed by atoms with Crippen molar-refractivity contribution in [2.24, 2.45) is 5.73 Å². The van der Waals surface area contributed by atoms with E-state index in [4.69, 9.17) is 22.1 Å². The predicted octanol–water partition coefficient (Wildman–Crippen LogP) is 2.45. The molecule has 0 aliphatic heterocycles. The molecule has 0 fully saturated rings. The summed E-state index contributed by atoms with van der Waals surface area (Å²) < 4.78 is 18.8. The SMILES string of the molecule is COCCCN(C)C(CN)c1cc(Cl)ccc1F. The Labute approximate surface area is 113 Å². The van der Waals surface area contributed by atoms with Gasteiger partial charge in [0, 0.05) is 43.4 Å². The molecule has 1 atom stereocenters. The van der Waals surface area contributed by atoms with Gasteiger partial charge in [0.2, 0.25) is 0 Å². The fourth-order valence-corrected chi connectivity index (χ4v) is 2.11. The molecule has 0 bridgehead atoms. The van der Waals surface area contributed by atoms with Crippen molar-refractivity contribution in [3.05, 3.63) is 34.6 Å². The Hall–Kier alpha value is -0.680. The van der Waals surface area contributed by atoms with E-state index >= 15 is 0 Å². The molecule has 2 N–H and O–H groups in total. The highest BCUT2D eigenvalue weighted by Gasteiger charge is 2.19. The van der Waals surface area contributed by atoms with Gasteiger partial charge in [-0.05, 0) is 31.7 Å². The number of hydrogen-bond donors (Lipinski definition) is 1. The fourth-order valence-electron chi connectivity index (χ4n) is 1.93. The number of rotatable bonds is 7. The van der Waals surface area contributed by atoms with Gasteiger partial charge < -0.3 is 10.5 Å². The fraction of sp³-hybridized carbons (Fsp3) is 0.538. The van der Waals surface area contributed by atoms with Gasteiger partial charge >= 0.3 is 0 Å². The van der Waals surface area contributed by atoms with Crippen LogP contribution in [-0.4, -0.2) is 38.8 Å². The Morgan fingerprint density at radius 3 is 2.83 bits per heavy atom. The van der Waals surface area contributed by atoms with Crippen molar-refractivity contribution in [1.29, 1.82) is 0 Å². The Morgan fingerprint density at radius 1 is 1.50 bits per heavy atom. The summed E-state index contributed by atoms with van der Waals surface area (Å²) in [6.45, 7) is 1.82. The topological polar surface area (TPSA) is 38.5 Å². The van der Waals surface area contributed by atoms with Gasteiger partial charge in [-0.25, -0.2) is 4.39 Å². The third-order valence-electron chi connectivity index (χ3n) is 2.93. The highest BCUT2D eigenvalue weighted by atomic mass is 35.5. The van der Waals surface area contributed by atoms with E-state index in [0.717, 1.165) is 13.0 Å². The molecule has 0 spiro atoms. The lowest BCUT2D eigenvalue weighted by Crippen LogP contribution is -2.32. The standard InChI is InChI=1S/C13H20ClFN2O/c1-17(6-3-7-18-2)13(9-16)11-8-10(14)4-5-12(11)15/h4-5,8,13H,3,6-7,9,16H2,1-2H3. The normalized spacial score (nSPS) is 13.0. The maximum Gasteiger partial charge on any atom is 0.128 e. The van der Waals surface area contributed by atoms with Gasteiger partial charge in [-0.1, -0.05) is 11.6 Å². The van der Waals surface area contributed by atoms with Gasteiger partial charge in [0.25, 0.3) is 0 Å². The number of nitrogens with zero attached hydrogens (tertiary/aromatic N) is 1. The summed E-state index contributed by atoms with van der Waals surface area (Å²) in [4.78, 5) is 2.02. The van der Waals surface area contributed by atoms with Gasteiger partial charge in [-0.15, -0.1) is 0 Å². The molecule has 1 unspecified atom stereocenters. The average molecular weight is 275 g/mol. The third-order valence-corrected chi connectivity index (χ3v) is 3.17. The molecule has 0 radical (unpaired) electrons. The summed E-state index contributed by atoms with van der Waals surface area (Å²) in [5, 5.41) is 0.523. The van der Waals surface area contributed by atoms with Crippen LogP contribution < -0.4 is 5.73 Å². The Kier molecular flexibility index (Phi) is 6.57. The number of ether oxygens (including phenoxy) is 1. The van der Waals surface area contributed by atoms with E-state index in [9.17, 15) is 4.39 Å². The highest BCUT2D eigenvalue weighted by molar-refractivity contribution is 6.30. The molecule has 1 aromatic carbocycles. The molecule has 5 heteroatoms. The lowest BCUT2D eigenvalue weighted by Gasteiger charge is -2.27. The molecule has 0 aromatic heterocycles. The molecule has 1 aromatic rings. The maximum absolute atomic E-state index is 13.8. The second-order valence-corrected chi connectivity index (χ2v) is 4.68. The van der Waals surface area contributed by atoms with Crippen molar-refractivity contribution < 1.29 is 9.13 Å². The van der Waals surface area contributed by atoms with E-state index in [1.54, 1.807) is 19.2 Å². The van der Waals surface area contributed by atoms with Crippen molar-refractivity contribution in [3.8, 4) is 0 Å². The predicted molar refractivity (Wildman–Crippen MR) is 72.3 cm³/mol. The van der Waals surface area contributed by atoms with Crippen LogP contribution in [0.25, 0.3) is 0 Å². The molecule has 102 valence electrons. The molecule has 3 nitrogen and oxygen atoms in total. The first kappa shape index (κ1) is 15.4. The van der Waals surface area contributed by atoms with Crippen LogP contribution in [0.1, 0.15) is 18.0 Å². The molecular weight excluding hydrogens is 255 g/mol. The molecule has 0 saturated heterocycles. The first-order valence-electron chi connectivity index (χ1n) is 5.94. The number of nitrogens with two attached hydrogens (primary N) is 1. The minimum Gasteiger partial charge on any atom is -0.385 e. The van der Waals surface area contributed by atoms with Crippen molar-refractivity contribution >= 4 is 11.6 Å². The van der Waals surface area contributed by atoms with Crippen LogP contribution in [0.2, 0.25) is 5.02 Å². The summed E-state index contributed by atoms with van der Waals surface area (Å²) in [5.74, 6) is -0.270. The van der Waals surface area contributed by atoms with E-state index in [-0.39, 0.29) is 11.9 Å². The molecule has 0 aliphatic carbocycles. The molecule has 0 saturated carbocycles. The minimum atomic E-state index is -0.270. The maximum atomic E-state index is 13.8. The Balaban J connectivity index is 2.78. The lowest BCUT2D eigenvalue weighted by molar-refractivity contribution is 0.165. The second-order valence-electron chi connectivity index (χ2n) is 4.24. The molecule has 18 heavy (non-hydrogen) atoms. The average Bonchev–Trinajstić information content (AvgIpc) is 2.35. The number of benzene rings is 1. The van der Waals surface area contributed by atoms with Gasteiger partial charge in [0.05, 0.1) is 0 Å². The molecule has 0 amide bonds. The molecule has 0 aliphatic rings. The summed E-state index contributed by atoms with van der Waals surface area (Å²) >= 11 is 5.90. The summed E-state index contributed by atoms with van der Waals surface area (Å²) in [7, 11) is 3.59. The quantitative estimate of drug-likeness (QED) is 0.776. The second kappa shape index (κ2) is 7.69. The van der Waals surface area contributed by atoms with E-state index in [1.807, 2.05) is 11.9 Å². The summed E-state index contributed by atoms with van der Waals surface area (Å²) in [5.41, 5.74) is 6.29. The smallest absolute Gasteiger partial charge is 0.128 e. The number of likely N-dealkylation sites (N-methyl/N-ethyl adjacent to an activating group) is 1. The van der Waals surface area contributed by atoms with Crippen LogP contribution in [0, 0.1) is 5.82 Å². The van der Waals surface area contributed by atoms with E-state index in [1.165, 1.54) is 6.07 Å². The minimum absolute atomic E-state index is 0.166. The summed E-state index contributed by atoms with van der Waals surface area (Å²) in [6.07, 6.45) is 0.881. The van der Waals surface area contributed by atoms with Gasteiger partial charge in [-0.2, -0.15) is 0 Å². The van der Waals surface area contributed by atoms with Crippen molar-refractivity contribution in [3.63, 3.8) is 0 Å². The van der Waals surface area contributed by atoms with Crippen LogP contribution in [0.5, 0.6) is 0 Å². The van der Waals surface area contributed by atoms with Crippen molar-refractivity contribution in [2.45, 2.75) is 12.5 Å². The van der Waals surface area contributed by atoms with E-state index < -0.39 is 0 Å². The number of methoxy groups -OCH3 is 1. The lowest BCUT2D eigenvalue weighted by atomic mass is 10.0.